The number of nitrogens with zero attached hydrogens (tertiary/aromatic N) is 4. The Balaban J connectivity index is 1.43. The van der Waals surface area contributed by atoms with E-state index in [1.54, 1.807) is 6.20 Å². The summed E-state index contributed by atoms with van der Waals surface area (Å²) >= 11 is 0. The molecule has 3 N–H and O–H groups in total. The van der Waals surface area contributed by atoms with Crippen molar-refractivity contribution >= 4 is 33.7 Å². The van der Waals surface area contributed by atoms with Crippen LogP contribution in [0.1, 0.15) is 5.56 Å². The summed E-state index contributed by atoms with van der Waals surface area (Å²) < 4.78 is 7.99. The Hall–Kier alpha value is -4.13. The lowest BCUT2D eigenvalue weighted by Crippen LogP contribution is -1.99. The molecule has 0 aliphatic carbocycles. The van der Waals surface area contributed by atoms with Crippen LogP contribution < -0.4 is 15.8 Å². The van der Waals surface area contributed by atoms with Gasteiger partial charge in [-0.3, -0.25) is 0 Å². The minimum Gasteiger partial charge on any atom is -0.457 e. The van der Waals surface area contributed by atoms with E-state index >= 15 is 0 Å². The Morgan fingerprint density at radius 2 is 1.93 bits per heavy atom. The van der Waals surface area contributed by atoms with Gasteiger partial charge in [0.2, 0.25) is 0 Å². The number of aryl methyl sites for hydroxylation is 1. The zero-order valence-electron chi connectivity index (χ0n) is 15.7. The van der Waals surface area contributed by atoms with Gasteiger partial charge in [0.1, 0.15) is 29.3 Å². The summed E-state index contributed by atoms with van der Waals surface area (Å²) in [6.45, 7) is 2.00. The van der Waals surface area contributed by atoms with Crippen LogP contribution in [0.5, 0.6) is 11.5 Å². The second-order valence-electron chi connectivity index (χ2n) is 6.73. The fraction of sp³-hybridized carbons (Fsp3) is 0.0455. The smallest absolute Gasteiger partial charge is 0.143 e. The van der Waals surface area contributed by atoms with Crippen LogP contribution in [0.25, 0.3) is 16.6 Å². The molecule has 0 aliphatic heterocycles. The molecule has 0 amide bonds. The lowest BCUT2D eigenvalue weighted by atomic mass is 10.1. The SMILES string of the molecule is Cc1cc(Nc2ncnc3cccc(N)c23)ccc1Oc1ccn2ccnc2c1. The molecule has 0 saturated carbocycles. The molecule has 2 aromatic carbocycles. The number of hydrogen-bond donors (Lipinski definition) is 2. The molecule has 5 aromatic rings. The van der Waals surface area contributed by atoms with Crippen LogP contribution in [0.3, 0.4) is 0 Å². The Labute approximate surface area is 166 Å². The second kappa shape index (κ2) is 6.79. The number of nitrogens with one attached hydrogen (secondary N) is 1. The number of nitrogens with two attached hydrogens (primary N) is 1. The second-order valence-corrected chi connectivity index (χ2v) is 6.73. The molecule has 7 heteroatoms. The largest absolute Gasteiger partial charge is 0.457 e. The van der Waals surface area contributed by atoms with E-state index in [1.807, 2.05) is 72.2 Å². The normalized spacial score (nSPS) is 11.1. The Kier molecular flexibility index (Phi) is 3.98. The minimum absolute atomic E-state index is 0.636. The number of pyridine rings is 1. The quantitative estimate of drug-likeness (QED) is 0.438. The number of benzene rings is 2. The number of anilines is 3. The average Bonchev–Trinajstić information content (AvgIpc) is 3.18. The maximum absolute atomic E-state index is 6.14. The molecule has 0 spiro atoms. The maximum Gasteiger partial charge on any atom is 0.143 e. The van der Waals surface area contributed by atoms with Crippen molar-refractivity contribution in [3.05, 3.63) is 79.0 Å². The van der Waals surface area contributed by atoms with Crippen molar-refractivity contribution in [3.8, 4) is 11.5 Å². The van der Waals surface area contributed by atoms with Crippen LogP contribution in [0.15, 0.2) is 73.4 Å². The van der Waals surface area contributed by atoms with E-state index in [4.69, 9.17) is 10.5 Å². The summed E-state index contributed by atoms with van der Waals surface area (Å²) in [4.78, 5) is 12.9. The molecule has 0 aliphatic rings. The predicted octanol–water partition coefficient (Wildman–Crippen LogP) is 4.70. The third-order valence-electron chi connectivity index (χ3n) is 4.73. The summed E-state index contributed by atoms with van der Waals surface area (Å²) in [5.74, 6) is 2.19. The predicted molar refractivity (Wildman–Crippen MR) is 114 cm³/mol. The highest BCUT2D eigenvalue weighted by atomic mass is 16.5. The number of ether oxygens (including phenoxy) is 1. The monoisotopic (exact) mass is 382 g/mol. The summed E-state index contributed by atoms with van der Waals surface area (Å²) in [7, 11) is 0. The van der Waals surface area contributed by atoms with E-state index in [9.17, 15) is 0 Å². The fourth-order valence-electron chi connectivity index (χ4n) is 3.29. The molecule has 5 rings (SSSR count). The Bertz CT molecular complexity index is 1340. The van der Waals surface area contributed by atoms with Crippen LogP contribution >= 0.6 is 0 Å². The van der Waals surface area contributed by atoms with Crippen LogP contribution in [-0.4, -0.2) is 19.4 Å². The highest BCUT2D eigenvalue weighted by Gasteiger charge is 2.09. The first-order chi connectivity index (χ1) is 14.2. The first-order valence-corrected chi connectivity index (χ1v) is 9.15. The van der Waals surface area contributed by atoms with Crippen molar-refractivity contribution < 1.29 is 4.74 Å². The van der Waals surface area contributed by atoms with Crippen LogP contribution in [0, 0.1) is 6.92 Å². The number of fused-ring (bicyclic) bond motifs is 2. The highest BCUT2D eigenvalue weighted by molar-refractivity contribution is 5.99. The third-order valence-corrected chi connectivity index (χ3v) is 4.73. The van der Waals surface area contributed by atoms with Gasteiger partial charge in [0.05, 0.1) is 10.9 Å². The van der Waals surface area contributed by atoms with Gasteiger partial charge < -0.3 is 20.2 Å². The fourth-order valence-corrected chi connectivity index (χ4v) is 3.29. The van der Waals surface area contributed by atoms with Gasteiger partial charge in [0, 0.05) is 36.0 Å². The van der Waals surface area contributed by atoms with Gasteiger partial charge in [-0.25, -0.2) is 15.0 Å². The molecule has 0 saturated heterocycles. The van der Waals surface area contributed by atoms with E-state index in [-0.39, 0.29) is 0 Å². The van der Waals surface area contributed by atoms with E-state index in [1.165, 1.54) is 6.33 Å². The van der Waals surface area contributed by atoms with Crippen LogP contribution in [0.4, 0.5) is 17.2 Å². The van der Waals surface area contributed by atoms with Gasteiger partial charge in [-0.1, -0.05) is 6.07 Å². The van der Waals surface area contributed by atoms with Gasteiger partial charge >= 0.3 is 0 Å². The van der Waals surface area contributed by atoms with E-state index in [2.05, 4.69) is 20.3 Å². The van der Waals surface area contributed by atoms with Gasteiger partial charge in [0.25, 0.3) is 0 Å². The van der Waals surface area contributed by atoms with Gasteiger partial charge in [-0.15, -0.1) is 0 Å². The molecular formula is C22H18N6O. The standard InChI is InChI=1S/C22H18N6O/c1-14-11-15(27-22-21-17(23)3-2-4-18(21)25-13-26-22)5-6-19(14)29-16-7-9-28-10-8-24-20(28)12-16/h2-13H,23H2,1H3,(H,25,26,27). The molecule has 3 heterocycles. The van der Waals surface area contributed by atoms with E-state index < -0.39 is 0 Å². The van der Waals surface area contributed by atoms with Crippen molar-refractivity contribution in [1.29, 1.82) is 0 Å². The first kappa shape index (κ1) is 17.0. The third kappa shape index (κ3) is 3.19. The molecule has 3 aromatic heterocycles. The van der Waals surface area contributed by atoms with Gasteiger partial charge in [-0.2, -0.15) is 0 Å². The maximum atomic E-state index is 6.14. The van der Waals surface area contributed by atoms with Crippen molar-refractivity contribution in [1.82, 2.24) is 19.4 Å². The number of aromatic nitrogens is 4. The van der Waals surface area contributed by atoms with Crippen molar-refractivity contribution in [2.45, 2.75) is 6.92 Å². The van der Waals surface area contributed by atoms with E-state index in [0.29, 0.717) is 11.5 Å². The number of rotatable bonds is 4. The highest BCUT2D eigenvalue weighted by Crippen LogP contribution is 2.31. The van der Waals surface area contributed by atoms with Crippen molar-refractivity contribution in [2.75, 3.05) is 11.1 Å². The molecule has 142 valence electrons. The Morgan fingerprint density at radius 1 is 1.00 bits per heavy atom. The first-order valence-electron chi connectivity index (χ1n) is 9.15. The van der Waals surface area contributed by atoms with Crippen LogP contribution in [-0.2, 0) is 0 Å². The number of nitrogen functional groups attached to an aromatic ring is 1. The van der Waals surface area contributed by atoms with E-state index in [0.717, 1.165) is 39.3 Å². The molecule has 0 bridgehead atoms. The molecule has 7 nitrogen and oxygen atoms in total. The van der Waals surface area contributed by atoms with Gasteiger partial charge in [0.15, 0.2) is 0 Å². The summed E-state index contributed by atoms with van der Waals surface area (Å²) in [5, 5.41) is 4.15. The summed E-state index contributed by atoms with van der Waals surface area (Å²) in [6.07, 6.45) is 7.11. The lowest BCUT2D eigenvalue weighted by molar-refractivity contribution is 0.478. The topological polar surface area (TPSA) is 90.4 Å². The lowest BCUT2D eigenvalue weighted by Gasteiger charge is -2.13. The minimum atomic E-state index is 0.636. The Morgan fingerprint density at radius 3 is 2.83 bits per heavy atom. The number of hydrogen-bond acceptors (Lipinski definition) is 6. The van der Waals surface area contributed by atoms with Crippen molar-refractivity contribution in [2.24, 2.45) is 0 Å². The van der Waals surface area contributed by atoms with Gasteiger partial charge in [-0.05, 0) is 48.9 Å². The molecule has 0 unspecified atom stereocenters. The molecule has 0 fully saturated rings. The summed E-state index contributed by atoms with van der Waals surface area (Å²) in [6, 6.07) is 15.3. The number of imidazole rings is 1. The molecular weight excluding hydrogens is 364 g/mol. The average molecular weight is 382 g/mol. The van der Waals surface area contributed by atoms with Crippen molar-refractivity contribution in [3.63, 3.8) is 0 Å². The van der Waals surface area contributed by atoms with Crippen LogP contribution in [0.2, 0.25) is 0 Å². The zero-order chi connectivity index (χ0) is 19.8. The summed E-state index contributed by atoms with van der Waals surface area (Å²) in [5.41, 5.74) is 10.3. The molecule has 29 heavy (non-hydrogen) atoms. The molecule has 0 atom stereocenters. The molecule has 0 radical (unpaired) electrons. The zero-order valence-corrected chi connectivity index (χ0v) is 15.7.